The molecule has 0 aliphatic heterocycles. The Kier molecular flexibility index (Phi) is 4.28. The summed E-state index contributed by atoms with van der Waals surface area (Å²) in [6.07, 6.45) is 0. The highest BCUT2D eigenvalue weighted by molar-refractivity contribution is 7.92. The fourth-order valence-electron chi connectivity index (χ4n) is 1.80. The Hall–Kier alpha value is -2.34. The monoisotopic (exact) mass is 305 g/mol. The molecular formula is C15H15NO4S. The third kappa shape index (κ3) is 3.61. The summed E-state index contributed by atoms with van der Waals surface area (Å²) in [7, 11) is -3.63. The van der Waals surface area contributed by atoms with Crippen LogP contribution < -0.4 is 4.72 Å². The van der Waals surface area contributed by atoms with E-state index in [0.29, 0.717) is 11.3 Å². The van der Waals surface area contributed by atoms with Crippen LogP contribution in [0.3, 0.4) is 0 Å². The van der Waals surface area contributed by atoms with Gasteiger partial charge in [-0.1, -0.05) is 30.3 Å². The minimum Gasteiger partial charge on any atom is -0.481 e. The quantitative estimate of drug-likeness (QED) is 0.889. The van der Waals surface area contributed by atoms with Gasteiger partial charge in [0.2, 0.25) is 0 Å². The zero-order valence-electron chi connectivity index (χ0n) is 11.4. The number of nitrogens with one attached hydrogen (secondary N) is 1. The van der Waals surface area contributed by atoms with Crippen LogP contribution in [0.1, 0.15) is 18.4 Å². The number of hydrogen-bond acceptors (Lipinski definition) is 3. The molecule has 2 aromatic carbocycles. The Morgan fingerprint density at radius 2 is 1.62 bits per heavy atom. The van der Waals surface area contributed by atoms with Gasteiger partial charge in [-0.25, -0.2) is 8.42 Å². The van der Waals surface area contributed by atoms with Crippen molar-refractivity contribution >= 4 is 21.7 Å². The van der Waals surface area contributed by atoms with Crippen molar-refractivity contribution < 1.29 is 18.3 Å². The van der Waals surface area contributed by atoms with E-state index in [4.69, 9.17) is 5.11 Å². The molecule has 2 rings (SSSR count). The zero-order chi connectivity index (χ0) is 15.5. The molecule has 1 atom stereocenters. The topological polar surface area (TPSA) is 83.5 Å². The lowest BCUT2D eigenvalue weighted by Gasteiger charge is -2.10. The number of carboxylic acids is 1. The molecule has 0 bridgehead atoms. The van der Waals surface area contributed by atoms with Gasteiger partial charge < -0.3 is 5.11 Å². The van der Waals surface area contributed by atoms with Crippen LogP contribution >= 0.6 is 0 Å². The van der Waals surface area contributed by atoms with Gasteiger partial charge in [0.25, 0.3) is 10.0 Å². The normalized spacial score (nSPS) is 12.6. The van der Waals surface area contributed by atoms with E-state index in [9.17, 15) is 13.2 Å². The molecule has 0 aromatic heterocycles. The van der Waals surface area contributed by atoms with Crippen LogP contribution in [0.2, 0.25) is 0 Å². The van der Waals surface area contributed by atoms with Gasteiger partial charge in [-0.15, -0.1) is 0 Å². The van der Waals surface area contributed by atoms with Gasteiger partial charge in [0.05, 0.1) is 10.8 Å². The Balaban J connectivity index is 2.19. The number of carbonyl (C=O) groups is 1. The minimum absolute atomic E-state index is 0.174. The van der Waals surface area contributed by atoms with E-state index in [2.05, 4.69) is 4.72 Å². The summed E-state index contributed by atoms with van der Waals surface area (Å²) in [6.45, 7) is 1.57. The molecular weight excluding hydrogens is 290 g/mol. The summed E-state index contributed by atoms with van der Waals surface area (Å²) in [5, 5.41) is 8.93. The van der Waals surface area contributed by atoms with E-state index >= 15 is 0 Å². The van der Waals surface area contributed by atoms with Gasteiger partial charge in [-0.2, -0.15) is 0 Å². The third-order valence-electron chi connectivity index (χ3n) is 3.09. The second-order valence-electron chi connectivity index (χ2n) is 4.60. The Bertz CT molecular complexity index is 724. The fourth-order valence-corrected chi connectivity index (χ4v) is 2.88. The lowest BCUT2D eigenvalue weighted by Crippen LogP contribution is -2.13. The maximum absolute atomic E-state index is 12.1. The number of anilines is 1. The fraction of sp³-hybridized carbons (Fsp3) is 0.133. The van der Waals surface area contributed by atoms with Crippen molar-refractivity contribution in [2.75, 3.05) is 4.72 Å². The first-order valence-electron chi connectivity index (χ1n) is 6.31. The molecule has 2 aromatic rings. The third-order valence-corrected chi connectivity index (χ3v) is 4.48. The molecule has 21 heavy (non-hydrogen) atoms. The molecule has 0 saturated heterocycles. The van der Waals surface area contributed by atoms with E-state index < -0.39 is 21.9 Å². The summed E-state index contributed by atoms with van der Waals surface area (Å²) in [6, 6.07) is 14.3. The van der Waals surface area contributed by atoms with Crippen molar-refractivity contribution in [2.24, 2.45) is 0 Å². The van der Waals surface area contributed by atoms with E-state index in [0.717, 1.165) is 0 Å². The number of hydrogen-bond donors (Lipinski definition) is 2. The van der Waals surface area contributed by atoms with Crippen molar-refractivity contribution in [3.63, 3.8) is 0 Å². The van der Waals surface area contributed by atoms with Gasteiger partial charge in [0.15, 0.2) is 0 Å². The van der Waals surface area contributed by atoms with Gasteiger partial charge in [-0.3, -0.25) is 9.52 Å². The summed E-state index contributed by atoms with van der Waals surface area (Å²) >= 11 is 0. The molecule has 6 heteroatoms. The molecule has 2 N–H and O–H groups in total. The van der Waals surface area contributed by atoms with Crippen LogP contribution in [0.4, 0.5) is 5.69 Å². The number of benzene rings is 2. The predicted molar refractivity (Wildman–Crippen MR) is 79.7 cm³/mol. The highest BCUT2D eigenvalue weighted by Gasteiger charge is 2.15. The maximum atomic E-state index is 12.1. The molecule has 0 spiro atoms. The van der Waals surface area contributed by atoms with Crippen molar-refractivity contribution in [1.29, 1.82) is 0 Å². The summed E-state index contributed by atoms with van der Waals surface area (Å²) in [4.78, 5) is 11.1. The predicted octanol–water partition coefficient (Wildman–Crippen LogP) is 2.68. The number of rotatable bonds is 5. The molecule has 0 aliphatic carbocycles. The van der Waals surface area contributed by atoms with Crippen molar-refractivity contribution in [3.8, 4) is 0 Å². The standard InChI is InChI=1S/C15H15NO4S/c1-11(15(17)18)12-7-9-13(10-8-12)16-21(19,20)14-5-3-2-4-6-14/h2-11,16H,1H3,(H,17,18)/t11-/m0/s1. The Morgan fingerprint density at radius 1 is 1.05 bits per heavy atom. The van der Waals surface area contributed by atoms with Crippen molar-refractivity contribution in [1.82, 2.24) is 0 Å². The molecule has 0 aliphatic rings. The van der Waals surface area contributed by atoms with Crippen molar-refractivity contribution in [3.05, 3.63) is 60.2 Å². The van der Waals surface area contributed by atoms with E-state index in [-0.39, 0.29) is 4.90 Å². The van der Waals surface area contributed by atoms with Gasteiger partial charge in [0.1, 0.15) is 0 Å². The first kappa shape index (κ1) is 15.1. The van der Waals surface area contributed by atoms with E-state index in [1.807, 2.05) is 0 Å². The average Bonchev–Trinajstić information content (AvgIpc) is 2.48. The largest absolute Gasteiger partial charge is 0.481 e. The minimum atomic E-state index is -3.63. The molecule has 0 saturated carbocycles. The molecule has 110 valence electrons. The number of aliphatic carboxylic acids is 1. The lowest BCUT2D eigenvalue weighted by atomic mass is 10.0. The number of sulfonamides is 1. The van der Waals surface area contributed by atoms with E-state index in [1.165, 1.54) is 12.1 Å². The van der Waals surface area contributed by atoms with Crippen LogP contribution in [-0.2, 0) is 14.8 Å². The molecule has 0 amide bonds. The van der Waals surface area contributed by atoms with Gasteiger partial charge >= 0.3 is 5.97 Å². The van der Waals surface area contributed by atoms with Gasteiger partial charge in [-0.05, 0) is 36.8 Å². The molecule has 0 unspecified atom stereocenters. The van der Waals surface area contributed by atoms with Crippen LogP contribution in [0.25, 0.3) is 0 Å². The highest BCUT2D eigenvalue weighted by Crippen LogP contribution is 2.20. The zero-order valence-corrected chi connectivity index (χ0v) is 12.2. The second-order valence-corrected chi connectivity index (χ2v) is 6.28. The molecule has 5 nitrogen and oxygen atoms in total. The van der Waals surface area contributed by atoms with Crippen LogP contribution in [-0.4, -0.2) is 19.5 Å². The number of carboxylic acid groups (broad SMARTS) is 1. The van der Waals surface area contributed by atoms with Crippen LogP contribution in [0.5, 0.6) is 0 Å². The van der Waals surface area contributed by atoms with Crippen LogP contribution in [0, 0.1) is 0 Å². The van der Waals surface area contributed by atoms with E-state index in [1.54, 1.807) is 49.4 Å². The van der Waals surface area contributed by atoms with Crippen molar-refractivity contribution in [2.45, 2.75) is 17.7 Å². The lowest BCUT2D eigenvalue weighted by molar-refractivity contribution is -0.138. The smallest absolute Gasteiger partial charge is 0.310 e. The second kappa shape index (κ2) is 5.97. The first-order valence-corrected chi connectivity index (χ1v) is 7.79. The molecule has 0 radical (unpaired) electrons. The Morgan fingerprint density at radius 3 is 2.14 bits per heavy atom. The summed E-state index contributed by atoms with van der Waals surface area (Å²) < 4.78 is 26.7. The van der Waals surface area contributed by atoms with Crippen LogP contribution in [0.15, 0.2) is 59.5 Å². The molecule has 0 fully saturated rings. The average molecular weight is 305 g/mol. The Labute approximate surface area is 123 Å². The molecule has 0 heterocycles. The SMILES string of the molecule is C[C@H](C(=O)O)c1ccc(NS(=O)(=O)c2ccccc2)cc1. The summed E-state index contributed by atoms with van der Waals surface area (Å²) in [5.74, 6) is -1.56. The highest BCUT2D eigenvalue weighted by atomic mass is 32.2. The summed E-state index contributed by atoms with van der Waals surface area (Å²) in [5.41, 5.74) is 1.00. The van der Waals surface area contributed by atoms with Gasteiger partial charge in [0, 0.05) is 5.69 Å². The first-order chi connectivity index (χ1) is 9.90. The maximum Gasteiger partial charge on any atom is 0.310 e.